The van der Waals surface area contributed by atoms with Gasteiger partial charge in [-0.1, -0.05) is 170 Å². The molecule has 0 bridgehead atoms. The predicted molar refractivity (Wildman–Crippen MR) is 226 cm³/mol. The van der Waals surface area contributed by atoms with Gasteiger partial charge in [-0.15, -0.1) is 0 Å². The van der Waals surface area contributed by atoms with Gasteiger partial charge in [-0.3, -0.25) is 0 Å². The summed E-state index contributed by atoms with van der Waals surface area (Å²) in [4.78, 5) is 15.2. The highest BCUT2D eigenvalue weighted by Gasteiger charge is 2.22. The molecule has 0 fully saturated rings. The summed E-state index contributed by atoms with van der Waals surface area (Å²) in [6.07, 6.45) is 1.99. The van der Waals surface area contributed by atoms with Crippen LogP contribution in [0.3, 0.4) is 0 Å². The van der Waals surface area contributed by atoms with Crippen molar-refractivity contribution in [2.24, 2.45) is 0 Å². The fourth-order valence-corrected chi connectivity index (χ4v) is 7.95. The maximum absolute atomic E-state index is 6.43. The van der Waals surface area contributed by atoms with Gasteiger partial charge >= 0.3 is 0 Å². The molecule has 0 aliphatic heterocycles. The molecule has 11 rings (SSSR count). The zero-order valence-corrected chi connectivity index (χ0v) is 30.0. The van der Waals surface area contributed by atoms with Crippen molar-refractivity contribution < 1.29 is 4.42 Å². The molecule has 0 saturated carbocycles. The summed E-state index contributed by atoms with van der Waals surface area (Å²) in [7, 11) is 0. The van der Waals surface area contributed by atoms with Gasteiger partial charge in [0, 0.05) is 44.0 Å². The Balaban J connectivity index is 1.11. The van der Waals surface area contributed by atoms with Gasteiger partial charge in [-0.05, 0) is 28.6 Å². The Hall–Kier alpha value is -7.70. The number of para-hydroxylation sites is 2. The van der Waals surface area contributed by atoms with Crippen LogP contribution in [-0.2, 0) is 0 Å². The number of fused-ring (bicyclic) bond motifs is 6. The van der Waals surface area contributed by atoms with E-state index in [0.717, 1.165) is 88.4 Å². The zero-order valence-electron chi connectivity index (χ0n) is 30.0. The summed E-state index contributed by atoms with van der Waals surface area (Å²) < 4.78 is 8.54. The van der Waals surface area contributed by atoms with Crippen molar-refractivity contribution in [3.05, 3.63) is 188 Å². The first kappa shape index (κ1) is 31.8. The molecule has 0 aliphatic carbocycles. The minimum atomic E-state index is 0.554. The molecule has 6 nitrogen and oxygen atoms in total. The van der Waals surface area contributed by atoms with Crippen molar-refractivity contribution in [1.29, 1.82) is 0 Å². The highest BCUT2D eigenvalue weighted by atomic mass is 16.3. The van der Waals surface area contributed by atoms with Gasteiger partial charge in [0.15, 0.2) is 17.5 Å². The number of rotatable bonds is 6. The van der Waals surface area contributed by atoms with E-state index in [1.54, 1.807) is 0 Å². The van der Waals surface area contributed by atoms with Gasteiger partial charge in [0.1, 0.15) is 11.2 Å². The summed E-state index contributed by atoms with van der Waals surface area (Å²) >= 11 is 0. The van der Waals surface area contributed by atoms with Crippen LogP contribution in [0.15, 0.2) is 193 Å². The summed E-state index contributed by atoms with van der Waals surface area (Å²) in [5.41, 5.74) is 11.8. The number of aromatic nitrogens is 5. The third kappa shape index (κ3) is 5.19. The Kier molecular flexibility index (Phi) is 7.38. The number of benzene rings is 7. The maximum atomic E-state index is 6.43. The van der Waals surface area contributed by atoms with E-state index in [9.17, 15) is 0 Å². The third-order valence-corrected chi connectivity index (χ3v) is 10.5. The van der Waals surface area contributed by atoms with Gasteiger partial charge in [0.05, 0.1) is 23.0 Å². The van der Waals surface area contributed by atoms with Crippen LogP contribution in [-0.4, -0.2) is 24.6 Å². The fraction of sp³-hybridized carbons (Fsp3) is 0. The molecule has 0 N–H and O–H groups in total. The van der Waals surface area contributed by atoms with E-state index < -0.39 is 0 Å². The Morgan fingerprint density at radius 1 is 0.375 bits per heavy atom. The lowest BCUT2D eigenvalue weighted by Gasteiger charge is -2.18. The lowest BCUT2D eigenvalue weighted by atomic mass is 9.92. The molecule has 0 saturated heterocycles. The second-order valence-corrected chi connectivity index (χ2v) is 13.8. The van der Waals surface area contributed by atoms with Crippen LogP contribution in [0, 0.1) is 0 Å². The van der Waals surface area contributed by atoms with E-state index >= 15 is 0 Å². The molecule has 4 aromatic heterocycles. The molecular weight excluding hydrogens is 687 g/mol. The summed E-state index contributed by atoms with van der Waals surface area (Å²) in [5, 5.41) is 9.44. The van der Waals surface area contributed by atoms with Crippen molar-refractivity contribution in [1.82, 2.24) is 24.6 Å². The molecule has 7 aromatic carbocycles. The zero-order chi connectivity index (χ0) is 37.0. The first-order valence-electron chi connectivity index (χ1n) is 18.6. The monoisotopic (exact) mass is 717 g/mol. The standard InChI is InChI=1S/C50H31N5O/c1-4-15-32(16-5-1)42-31-51-55-45(34-17-6-2-7-18-34)44(38-22-10-11-23-39(38)46(42)55)33-27-29-36(30-28-33)49-52-48(35-19-8-3-9-20-35)53-50(54-49)41-25-14-24-40-37-21-12-13-26-43(37)56-47(40)41/h1-31H. The fourth-order valence-electron chi connectivity index (χ4n) is 7.95. The number of pyridine rings is 1. The minimum Gasteiger partial charge on any atom is -0.455 e. The number of hydrogen-bond donors (Lipinski definition) is 0. The summed E-state index contributed by atoms with van der Waals surface area (Å²) in [5.74, 6) is 1.73. The lowest BCUT2D eigenvalue weighted by molar-refractivity contribution is 0.669. The van der Waals surface area contributed by atoms with E-state index in [4.69, 9.17) is 24.5 Å². The normalized spacial score (nSPS) is 11.6. The highest BCUT2D eigenvalue weighted by molar-refractivity contribution is 6.13. The quantitative estimate of drug-likeness (QED) is 0.171. The Labute approximate surface area is 322 Å². The first-order chi connectivity index (χ1) is 27.8. The molecule has 4 heterocycles. The average molecular weight is 718 g/mol. The second kappa shape index (κ2) is 13.0. The Morgan fingerprint density at radius 2 is 0.911 bits per heavy atom. The molecule has 0 radical (unpaired) electrons. The van der Waals surface area contributed by atoms with E-state index in [1.807, 2.05) is 72.9 Å². The predicted octanol–water partition coefficient (Wildman–Crippen LogP) is 12.6. The van der Waals surface area contributed by atoms with Crippen LogP contribution in [0.25, 0.3) is 106 Å². The molecule has 11 aromatic rings. The minimum absolute atomic E-state index is 0.554. The van der Waals surface area contributed by atoms with Gasteiger partial charge in [0.2, 0.25) is 0 Å². The summed E-state index contributed by atoms with van der Waals surface area (Å²) in [6.45, 7) is 0. The molecule has 0 unspecified atom stereocenters. The number of hydrogen-bond acceptors (Lipinski definition) is 5. The molecule has 56 heavy (non-hydrogen) atoms. The largest absolute Gasteiger partial charge is 0.455 e. The first-order valence-corrected chi connectivity index (χ1v) is 18.6. The Morgan fingerprint density at radius 3 is 1.62 bits per heavy atom. The smallest absolute Gasteiger partial charge is 0.167 e. The number of furan rings is 1. The molecule has 0 atom stereocenters. The van der Waals surface area contributed by atoms with Gasteiger partial charge in [0.25, 0.3) is 0 Å². The maximum Gasteiger partial charge on any atom is 0.167 e. The van der Waals surface area contributed by atoms with Crippen LogP contribution in [0.1, 0.15) is 0 Å². The van der Waals surface area contributed by atoms with Crippen LogP contribution in [0.5, 0.6) is 0 Å². The van der Waals surface area contributed by atoms with E-state index in [0.29, 0.717) is 17.5 Å². The van der Waals surface area contributed by atoms with Gasteiger partial charge in [-0.25, -0.2) is 19.5 Å². The topological polar surface area (TPSA) is 69.1 Å². The molecule has 0 aliphatic rings. The molecule has 262 valence electrons. The van der Waals surface area contributed by atoms with Gasteiger partial charge in [-0.2, -0.15) is 5.10 Å². The van der Waals surface area contributed by atoms with Crippen LogP contribution >= 0.6 is 0 Å². The second-order valence-electron chi connectivity index (χ2n) is 13.8. The van der Waals surface area contributed by atoms with E-state index in [1.165, 1.54) is 0 Å². The van der Waals surface area contributed by atoms with Crippen LogP contribution in [0.4, 0.5) is 0 Å². The molecular formula is C50H31N5O. The molecule has 0 amide bonds. The van der Waals surface area contributed by atoms with Gasteiger partial charge < -0.3 is 4.42 Å². The van der Waals surface area contributed by atoms with Crippen LogP contribution < -0.4 is 0 Å². The highest BCUT2D eigenvalue weighted by Crippen LogP contribution is 2.43. The molecule has 6 heteroatoms. The summed E-state index contributed by atoms with van der Waals surface area (Å²) in [6, 6.07) is 62.5. The van der Waals surface area contributed by atoms with Crippen molar-refractivity contribution in [3.8, 4) is 67.7 Å². The van der Waals surface area contributed by atoms with Crippen molar-refractivity contribution in [2.75, 3.05) is 0 Å². The third-order valence-electron chi connectivity index (χ3n) is 10.5. The van der Waals surface area contributed by atoms with E-state index in [-0.39, 0.29) is 0 Å². The Bertz CT molecular complexity index is 3230. The lowest BCUT2D eigenvalue weighted by Crippen LogP contribution is -2.01. The van der Waals surface area contributed by atoms with Crippen molar-refractivity contribution in [3.63, 3.8) is 0 Å². The van der Waals surface area contributed by atoms with E-state index in [2.05, 4.69) is 120 Å². The SMILES string of the molecule is c1ccc(-c2nc(-c3ccc(-c4c(-c5ccccc5)n5ncc(-c6ccccc6)c5c5ccccc45)cc3)nc(-c3cccc4c3oc3ccccc34)n2)cc1. The van der Waals surface area contributed by atoms with Crippen LogP contribution in [0.2, 0.25) is 0 Å². The van der Waals surface area contributed by atoms with Crippen molar-refractivity contribution in [2.45, 2.75) is 0 Å². The molecule has 0 spiro atoms. The number of nitrogens with zero attached hydrogens (tertiary/aromatic N) is 5. The average Bonchev–Trinajstić information content (AvgIpc) is 3.90. The van der Waals surface area contributed by atoms with Crippen molar-refractivity contribution >= 4 is 38.2 Å².